The van der Waals surface area contributed by atoms with Crippen molar-refractivity contribution < 1.29 is 9.59 Å². The van der Waals surface area contributed by atoms with Crippen molar-refractivity contribution in [3.05, 3.63) is 23.8 Å². The van der Waals surface area contributed by atoms with Crippen LogP contribution in [0.3, 0.4) is 0 Å². The predicted molar refractivity (Wildman–Crippen MR) is 65.3 cm³/mol. The zero-order chi connectivity index (χ0) is 12.4. The van der Waals surface area contributed by atoms with Crippen LogP contribution in [-0.4, -0.2) is 18.4 Å². The van der Waals surface area contributed by atoms with Crippen LogP contribution in [0.2, 0.25) is 0 Å². The van der Waals surface area contributed by atoms with Crippen molar-refractivity contribution >= 4 is 23.2 Å². The largest absolute Gasteiger partial charge is 0.399 e. The van der Waals surface area contributed by atoms with E-state index in [-0.39, 0.29) is 24.8 Å². The van der Waals surface area contributed by atoms with Gasteiger partial charge in [0, 0.05) is 25.1 Å². The molecule has 1 heterocycles. The number of nitrogens with two attached hydrogens (primary N) is 2. The minimum Gasteiger partial charge on any atom is -0.399 e. The summed E-state index contributed by atoms with van der Waals surface area (Å²) in [6.07, 6.45) is 1.15. The molecule has 5 heteroatoms. The fourth-order valence-corrected chi connectivity index (χ4v) is 2.02. The van der Waals surface area contributed by atoms with E-state index >= 15 is 0 Å². The maximum Gasteiger partial charge on any atom is 0.235 e. The molecular formula is C12H15N3O2. The van der Waals surface area contributed by atoms with Gasteiger partial charge in [-0.2, -0.15) is 0 Å². The topological polar surface area (TPSA) is 89.4 Å². The van der Waals surface area contributed by atoms with Crippen molar-refractivity contribution in [2.24, 2.45) is 5.73 Å². The first kappa shape index (κ1) is 11.6. The summed E-state index contributed by atoms with van der Waals surface area (Å²) >= 11 is 0. The molecule has 0 saturated heterocycles. The van der Waals surface area contributed by atoms with Crippen LogP contribution < -0.4 is 16.4 Å². The smallest absolute Gasteiger partial charge is 0.235 e. The average Bonchev–Trinajstić information content (AvgIpc) is 2.29. The molecule has 0 bridgehead atoms. The van der Waals surface area contributed by atoms with Crippen molar-refractivity contribution in [1.82, 2.24) is 0 Å². The Morgan fingerprint density at radius 2 is 2.12 bits per heavy atom. The van der Waals surface area contributed by atoms with Crippen LogP contribution in [0.25, 0.3) is 0 Å². The van der Waals surface area contributed by atoms with Gasteiger partial charge in [0.05, 0.1) is 5.69 Å². The van der Waals surface area contributed by atoms with Crippen molar-refractivity contribution in [2.45, 2.75) is 19.3 Å². The highest BCUT2D eigenvalue weighted by atomic mass is 16.2. The number of aryl methyl sites for hydroxylation is 1. The first-order valence-corrected chi connectivity index (χ1v) is 5.57. The third-order valence-corrected chi connectivity index (χ3v) is 2.81. The summed E-state index contributed by atoms with van der Waals surface area (Å²) in [6, 6.07) is 5.22. The number of nitrogens with zero attached hydrogens (tertiary/aromatic N) is 1. The molecule has 0 aliphatic carbocycles. The molecule has 0 fully saturated rings. The summed E-state index contributed by atoms with van der Waals surface area (Å²) < 4.78 is 0. The molecule has 2 rings (SSSR count). The van der Waals surface area contributed by atoms with Crippen LogP contribution in [-0.2, 0) is 16.0 Å². The minimum atomic E-state index is -0.247. The first-order chi connectivity index (χ1) is 8.13. The molecule has 4 N–H and O–H groups in total. The zero-order valence-corrected chi connectivity index (χ0v) is 9.48. The van der Waals surface area contributed by atoms with Gasteiger partial charge in [-0.25, -0.2) is 0 Å². The SMILES string of the molecule is NCCC(=O)N1C(=O)CCc2cc(N)ccc21. The molecule has 1 aliphatic heterocycles. The Balaban J connectivity index is 2.40. The van der Waals surface area contributed by atoms with E-state index in [0.717, 1.165) is 5.56 Å². The molecular weight excluding hydrogens is 218 g/mol. The van der Waals surface area contributed by atoms with Gasteiger partial charge < -0.3 is 11.5 Å². The standard InChI is InChI=1S/C12H15N3O2/c13-6-5-12(17)15-10-3-2-9(14)7-8(10)1-4-11(15)16/h2-3,7H,1,4-6,13-14H2. The number of amides is 2. The number of carbonyl (C=O) groups is 2. The van der Waals surface area contributed by atoms with E-state index in [1.807, 2.05) is 6.07 Å². The molecule has 1 aromatic carbocycles. The molecule has 0 atom stereocenters. The van der Waals surface area contributed by atoms with Crippen molar-refractivity contribution in [3.63, 3.8) is 0 Å². The van der Waals surface area contributed by atoms with E-state index in [9.17, 15) is 9.59 Å². The van der Waals surface area contributed by atoms with E-state index in [0.29, 0.717) is 24.2 Å². The summed E-state index contributed by atoms with van der Waals surface area (Å²) in [5.41, 5.74) is 13.3. The lowest BCUT2D eigenvalue weighted by molar-refractivity contribution is -0.126. The Bertz CT molecular complexity index is 471. The molecule has 1 aliphatic rings. The van der Waals surface area contributed by atoms with Crippen LogP contribution in [0.1, 0.15) is 18.4 Å². The molecule has 1 aromatic rings. The molecule has 0 spiro atoms. The Labute approximate surface area is 99.4 Å². The number of fused-ring (bicyclic) bond motifs is 1. The quantitative estimate of drug-likeness (QED) is 0.724. The number of benzene rings is 1. The highest BCUT2D eigenvalue weighted by Crippen LogP contribution is 2.29. The molecule has 0 aromatic heterocycles. The monoisotopic (exact) mass is 233 g/mol. The predicted octanol–water partition coefficient (Wildman–Crippen LogP) is 0.423. The van der Waals surface area contributed by atoms with Crippen LogP contribution in [0.15, 0.2) is 18.2 Å². The molecule has 17 heavy (non-hydrogen) atoms. The third-order valence-electron chi connectivity index (χ3n) is 2.81. The van der Waals surface area contributed by atoms with Gasteiger partial charge in [0.15, 0.2) is 0 Å². The number of rotatable bonds is 2. The Morgan fingerprint density at radius 1 is 1.35 bits per heavy atom. The number of hydrogen-bond acceptors (Lipinski definition) is 4. The Morgan fingerprint density at radius 3 is 2.82 bits per heavy atom. The third kappa shape index (κ3) is 2.14. The van der Waals surface area contributed by atoms with Gasteiger partial charge in [-0.05, 0) is 30.2 Å². The number of imide groups is 1. The Kier molecular flexibility index (Phi) is 3.10. The van der Waals surface area contributed by atoms with Crippen molar-refractivity contribution in [3.8, 4) is 0 Å². The van der Waals surface area contributed by atoms with Gasteiger partial charge in [0.2, 0.25) is 11.8 Å². The first-order valence-electron chi connectivity index (χ1n) is 5.57. The number of anilines is 2. The van der Waals surface area contributed by atoms with E-state index < -0.39 is 0 Å². The molecule has 90 valence electrons. The van der Waals surface area contributed by atoms with Crippen LogP contribution in [0, 0.1) is 0 Å². The molecule has 0 radical (unpaired) electrons. The normalized spacial score (nSPS) is 14.6. The summed E-state index contributed by atoms with van der Waals surface area (Å²) in [5, 5.41) is 0. The zero-order valence-electron chi connectivity index (χ0n) is 9.48. The molecule has 0 unspecified atom stereocenters. The van der Waals surface area contributed by atoms with E-state index in [1.165, 1.54) is 4.90 Å². The van der Waals surface area contributed by atoms with Gasteiger partial charge in [-0.1, -0.05) is 0 Å². The van der Waals surface area contributed by atoms with Gasteiger partial charge >= 0.3 is 0 Å². The number of nitrogen functional groups attached to an aromatic ring is 1. The van der Waals surface area contributed by atoms with Crippen LogP contribution >= 0.6 is 0 Å². The number of hydrogen-bond donors (Lipinski definition) is 2. The average molecular weight is 233 g/mol. The van der Waals surface area contributed by atoms with Crippen molar-refractivity contribution in [1.29, 1.82) is 0 Å². The summed E-state index contributed by atoms with van der Waals surface area (Å²) in [4.78, 5) is 24.9. The fraction of sp³-hybridized carbons (Fsp3) is 0.333. The second-order valence-corrected chi connectivity index (χ2v) is 4.05. The van der Waals surface area contributed by atoms with E-state index in [2.05, 4.69) is 0 Å². The molecule has 0 saturated carbocycles. The lowest BCUT2D eigenvalue weighted by Gasteiger charge is -2.27. The number of carbonyl (C=O) groups excluding carboxylic acids is 2. The highest BCUT2D eigenvalue weighted by Gasteiger charge is 2.28. The van der Waals surface area contributed by atoms with Gasteiger partial charge in [-0.15, -0.1) is 0 Å². The maximum absolute atomic E-state index is 11.9. The fourth-order valence-electron chi connectivity index (χ4n) is 2.02. The highest BCUT2D eigenvalue weighted by molar-refractivity contribution is 6.16. The minimum absolute atomic E-state index is 0.166. The van der Waals surface area contributed by atoms with Gasteiger partial charge in [0.25, 0.3) is 0 Å². The summed E-state index contributed by atoms with van der Waals surface area (Å²) in [5.74, 6) is -0.413. The summed E-state index contributed by atoms with van der Waals surface area (Å²) in [6.45, 7) is 0.243. The second-order valence-electron chi connectivity index (χ2n) is 4.05. The van der Waals surface area contributed by atoms with E-state index in [1.54, 1.807) is 12.1 Å². The summed E-state index contributed by atoms with van der Waals surface area (Å²) in [7, 11) is 0. The van der Waals surface area contributed by atoms with E-state index in [4.69, 9.17) is 11.5 Å². The Hall–Kier alpha value is -1.88. The van der Waals surface area contributed by atoms with Crippen LogP contribution in [0.5, 0.6) is 0 Å². The molecule has 2 amide bonds. The van der Waals surface area contributed by atoms with Crippen molar-refractivity contribution in [2.75, 3.05) is 17.2 Å². The van der Waals surface area contributed by atoms with Gasteiger partial charge in [0.1, 0.15) is 0 Å². The van der Waals surface area contributed by atoms with Crippen LogP contribution in [0.4, 0.5) is 11.4 Å². The second kappa shape index (κ2) is 4.55. The lowest BCUT2D eigenvalue weighted by Crippen LogP contribution is -2.41. The molecule has 5 nitrogen and oxygen atoms in total. The van der Waals surface area contributed by atoms with Gasteiger partial charge in [-0.3, -0.25) is 14.5 Å². The lowest BCUT2D eigenvalue weighted by atomic mass is 10.00. The maximum atomic E-state index is 11.9.